The summed E-state index contributed by atoms with van der Waals surface area (Å²) in [6.07, 6.45) is 1.75. The zero-order chi connectivity index (χ0) is 19.0. The molecule has 0 amide bonds. The van der Waals surface area contributed by atoms with Crippen LogP contribution in [-0.2, 0) is 3.79 Å². The Morgan fingerprint density at radius 3 is 2.33 bits per heavy atom. The minimum atomic E-state index is -1.73. The van der Waals surface area contributed by atoms with E-state index in [4.69, 9.17) is 40.5 Å². The van der Waals surface area contributed by atoms with Gasteiger partial charge in [0.1, 0.15) is 0 Å². The molecular weight excluding hydrogens is 405 g/mol. The van der Waals surface area contributed by atoms with Gasteiger partial charge in [-0.25, -0.2) is 4.98 Å². The van der Waals surface area contributed by atoms with Crippen LogP contribution in [0.1, 0.15) is 18.7 Å². The minimum absolute atomic E-state index is 0.121. The van der Waals surface area contributed by atoms with Crippen molar-refractivity contribution in [2.24, 2.45) is 5.73 Å². The van der Waals surface area contributed by atoms with Gasteiger partial charge < -0.3 is 10.6 Å². The molecule has 3 aromatic rings. The number of benzene rings is 2. The Labute approximate surface area is 172 Å². The number of halogens is 3. The highest BCUT2D eigenvalue weighted by Gasteiger charge is 2.30. The highest BCUT2D eigenvalue weighted by Crippen LogP contribution is 2.37. The first-order chi connectivity index (χ1) is 12.9. The summed E-state index contributed by atoms with van der Waals surface area (Å²) < 4.78 is -1.73. The number of piperidine rings is 1. The number of hydrogen-bond donors (Lipinski definition) is 1. The van der Waals surface area contributed by atoms with Gasteiger partial charge in [-0.3, -0.25) is 0 Å². The second kappa shape index (κ2) is 7.40. The monoisotopic (exact) mass is 421 g/mol. The van der Waals surface area contributed by atoms with Crippen LogP contribution in [0.25, 0.3) is 22.2 Å². The maximum absolute atomic E-state index is 6.09. The number of aromatic nitrogens is 3. The Morgan fingerprint density at radius 2 is 1.63 bits per heavy atom. The quantitative estimate of drug-likeness (QED) is 0.618. The normalized spacial score (nSPS) is 16.1. The summed E-state index contributed by atoms with van der Waals surface area (Å²) >= 11 is 18.3. The number of nitrogens with zero attached hydrogens (tertiary/aromatic N) is 4. The molecule has 1 fully saturated rings. The Morgan fingerprint density at radius 1 is 0.926 bits per heavy atom. The van der Waals surface area contributed by atoms with Crippen LogP contribution in [-0.4, -0.2) is 34.1 Å². The Balaban J connectivity index is 1.79. The molecular formula is C19H18Cl3N5. The summed E-state index contributed by atoms with van der Waals surface area (Å²) in [5.74, 6) is 1.12. The SMILES string of the molecule is NC1CCN(c2nc(-c3ccc4ccccc4c3)nc(C(Cl)(Cl)Cl)n2)CC1. The highest BCUT2D eigenvalue weighted by molar-refractivity contribution is 6.66. The van der Waals surface area contributed by atoms with Crippen LogP contribution in [0.15, 0.2) is 42.5 Å². The van der Waals surface area contributed by atoms with Crippen molar-refractivity contribution in [1.82, 2.24) is 15.0 Å². The smallest absolute Gasteiger partial charge is 0.250 e. The standard InChI is InChI=1S/C19H18Cl3N5/c20-19(21,22)17-24-16(14-6-5-12-3-1-2-4-13(12)11-14)25-18(26-17)27-9-7-15(23)8-10-27/h1-6,11,15H,7-10,23H2. The van der Waals surface area contributed by atoms with Gasteiger partial charge in [0.15, 0.2) is 11.6 Å². The fourth-order valence-corrected chi connectivity index (χ4v) is 3.44. The van der Waals surface area contributed by atoms with Gasteiger partial charge in [0.25, 0.3) is 0 Å². The fourth-order valence-electron chi connectivity index (χ4n) is 3.19. The fraction of sp³-hybridized carbons (Fsp3) is 0.316. The first-order valence-corrected chi connectivity index (χ1v) is 9.86. The van der Waals surface area contributed by atoms with Gasteiger partial charge >= 0.3 is 0 Å². The van der Waals surface area contributed by atoms with Crippen molar-refractivity contribution in [1.29, 1.82) is 0 Å². The first-order valence-electron chi connectivity index (χ1n) is 8.73. The van der Waals surface area contributed by atoms with Gasteiger partial charge in [-0.2, -0.15) is 9.97 Å². The van der Waals surface area contributed by atoms with Crippen LogP contribution in [0.5, 0.6) is 0 Å². The highest BCUT2D eigenvalue weighted by atomic mass is 35.6. The van der Waals surface area contributed by atoms with Gasteiger partial charge in [0.2, 0.25) is 9.74 Å². The molecule has 4 rings (SSSR count). The molecule has 1 saturated heterocycles. The lowest BCUT2D eigenvalue weighted by Crippen LogP contribution is -2.40. The topological polar surface area (TPSA) is 67.9 Å². The van der Waals surface area contributed by atoms with E-state index in [1.165, 1.54) is 0 Å². The average molecular weight is 423 g/mol. The Hall–Kier alpha value is -1.66. The van der Waals surface area contributed by atoms with Crippen molar-refractivity contribution in [3.05, 3.63) is 48.3 Å². The van der Waals surface area contributed by atoms with Gasteiger partial charge in [-0.15, -0.1) is 0 Å². The molecule has 0 unspecified atom stereocenters. The number of rotatable bonds is 2. The largest absolute Gasteiger partial charge is 0.341 e. The lowest BCUT2D eigenvalue weighted by molar-refractivity contribution is 0.494. The van der Waals surface area contributed by atoms with Gasteiger partial charge in [0, 0.05) is 24.7 Å². The van der Waals surface area contributed by atoms with Crippen molar-refractivity contribution in [3.8, 4) is 11.4 Å². The molecule has 0 radical (unpaired) electrons. The lowest BCUT2D eigenvalue weighted by atomic mass is 10.1. The molecule has 0 saturated carbocycles. The number of alkyl halides is 3. The van der Waals surface area contributed by atoms with Crippen LogP contribution in [0, 0.1) is 0 Å². The van der Waals surface area contributed by atoms with Crippen LogP contribution in [0.2, 0.25) is 0 Å². The summed E-state index contributed by atoms with van der Waals surface area (Å²) in [7, 11) is 0. The van der Waals surface area contributed by atoms with Crippen LogP contribution < -0.4 is 10.6 Å². The zero-order valence-electron chi connectivity index (χ0n) is 14.4. The average Bonchev–Trinajstić information content (AvgIpc) is 2.67. The molecule has 1 aliphatic heterocycles. The molecule has 2 N–H and O–H groups in total. The summed E-state index contributed by atoms with van der Waals surface area (Å²) in [4.78, 5) is 15.6. The molecule has 5 nitrogen and oxygen atoms in total. The number of nitrogens with two attached hydrogens (primary N) is 1. The van der Waals surface area contributed by atoms with Crippen molar-refractivity contribution in [2.75, 3.05) is 18.0 Å². The van der Waals surface area contributed by atoms with Crippen LogP contribution in [0.4, 0.5) is 5.95 Å². The molecule has 0 atom stereocenters. The predicted molar refractivity (Wildman–Crippen MR) is 111 cm³/mol. The van der Waals surface area contributed by atoms with E-state index in [1.807, 2.05) is 36.4 Å². The molecule has 8 heteroatoms. The van der Waals surface area contributed by atoms with Gasteiger partial charge in [0.05, 0.1) is 0 Å². The Bertz CT molecular complexity index is 965. The van der Waals surface area contributed by atoms with E-state index in [0.717, 1.165) is 42.3 Å². The van der Waals surface area contributed by atoms with Gasteiger partial charge in [-0.1, -0.05) is 71.2 Å². The molecule has 2 aromatic carbocycles. The minimum Gasteiger partial charge on any atom is -0.341 e. The van der Waals surface area contributed by atoms with E-state index in [0.29, 0.717) is 11.8 Å². The maximum atomic E-state index is 6.09. The van der Waals surface area contributed by atoms with Crippen molar-refractivity contribution >= 4 is 51.5 Å². The predicted octanol–water partition coefficient (Wildman–Crippen LogP) is 4.45. The van der Waals surface area contributed by atoms with Crippen LogP contribution >= 0.6 is 34.8 Å². The zero-order valence-corrected chi connectivity index (χ0v) is 16.7. The Kier molecular flexibility index (Phi) is 5.12. The third-order valence-electron chi connectivity index (χ3n) is 4.71. The van der Waals surface area contributed by atoms with Crippen molar-refractivity contribution in [2.45, 2.75) is 22.7 Å². The van der Waals surface area contributed by atoms with E-state index < -0.39 is 3.79 Å². The molecule has 0 aliphatic carbocycles. The van der Waals surface area contributed by atoms with Crippen molar-refractivity contribution in [3.63, 3.8) is 0 Å². The summed E-state index contributed by atoms with van der Waals surface area (Å²) in [6.45, 7) is 1.53. The molecule has 0 spiro atoms. The molecule has 140 valence electrons. The summed E-state index contributed by atoms with van der Waals surface area (Å²) in [5, 5.41) is 2.23. The second-order valence-electron chi connectivity index (χ2n) is 6.67. The molecule has 2 heterocycles. The van der Waals surface area contributed by atoms with E-state index in [1.54, 1.807) is 0 Å². The van der Waals surface area contributed by atoms with E-state index in [9.17, 15) is 0 Å². The molecule has 0 bridgehead atoms. The maximum Gasteiger partial charge on any atom is 0.250 e. The van der Waals surface area contributed by atoms with E-state index in [2.05, 4.69) is 25.9 Å². The summed E-state index contributed by atoms with van der Waals surface area (Å²) in [6, 6.07) is 14.3. The third-order valence-corrected chi connectivity index (χ3v) is 5.21. The molecule has 1 aliphatic rings. The summed E-state index contributed by atoms with van der Waals surface area (Å²) in [5.41, 5.74) is 6.85. The van der Waals surface area contributed by atoms with Crippen LogP contribution in [0.3, 0.4) is 0 Å². The second-order valence-corrected chi connectivity index (χ2v) is 8.95. The van der Waals surface area contributed by atoms with E-state index >= 15 is 0 Å². The van der Waals surface area contributed by atoms with Gasteiger partial charge in [-0.05, 0) is 29.7 Å². The molecule has 1 aromatic heterocycles. The molecule has 27 heavy (non-hydrogen) atoms. The van der Waals surface area contributed by atoms with E-state index in [-0.39, 0.29) is 11.9 Å². The van der Waals surface area contributed by atoms with Crippen molar-refractivity contribution < 1.29 is 0 Å². The number of fused-ring (bicyclic) bond motifs is 1. The lowest BCUT2D eigenvalue weighted by Gasteiger charge is -2.30. The third kappa shape index (κ3) is 4.11. The number of hydrogen-bond acceptors (Lipinski definition) is 5. The first kappa shape index (κ1) is 18.7. The number of anilines is 1.